The predicted molar refractivity (Wildman–Crippen MR) is 53.6 cm³/mol. The van der Waals surface area contributed by atoms with Gasteiger partial charge in [-0.05, 0) is 0 Å². The zero-order valence-electron chi connectivity index (χ0n) is 8.29. The Kier molecular flexibility index (Phi) is 4.90. The third kappa shape index (κ3) is 4.86. The Labute approximate surface area is 94.3 Å². The summed E-state index contributed by atoms with van der Waals surface area (Å²) in [6, 6.07) is 0. The van der Waals surface area contributed by atoms with Crippen LogP contribution in [0.5, 0.6) is 0 Å². The minimum atomic E-state index is -5.40. The zero-order chi connectivity index (χ0) is 14.0. The number of hydrogen-bond acceptors (Lipinski definition) is 5. The highest BCUT2D eigenvalue weighted by molar-refractivity contribution is 7.70. The minimum absolute atomic E-state index is 0.726. The average molecular weight is 289 g/mol. The fourth-order valence-corrected chi connectivity index (χ4v) is 2.86. The molecule has 0 amide bonds. The highest BCUT2D eigenvalue weighted by Gasteiger charge is 2.44. The van der Waals surface area contributed by atoms with Gasteiger partial charge in [-0.25, -0.2) is 9.79 Å². The number of Topliss-reactive ketones (excluding diaryl/α,β-unsaturated/α-hetero) is 1. The lowest BCUT2D eigenvalue weighted by atomic mass is 10.3. The van der Waals surface area contributed by atoms with Crippen LogP contribution in [0.3, 0.4) is 0 Å². The first-order chi connectivity index (χ1) is 7.37. The van der Waals surface area contributed by atoms with E-state index in [9.17, 15) is 18.7 Å². The summed E-state index contributed by atoms with van der Waals surface area (Å²) in [6.07, 6.45) is 0. The Hall–Kier alpha value is -0.890. The predicted octanol–water partition coefficient (Wildman–Crippen LogP) is -1.26. The number of nitrogens with zero attached hydrogens (tertiary/aromatic N) is 1. The van der Waals surface area contributed by atoms with E-state index in [0.717, 1.165) is 6.92 Å². The van der Waals surface area contributed by atoms with Crippen LogP contribution in [0, 0.1) is 0 Å². The first kappa shape index (κ1) is 16.1. The Bertz CT molecular complexity index is 418. The van der Waals surface area contributed by atoms with Crippen molar-refractivity contribution in [1.82, 2.24) is 0 Å². The second-order valence-electron chi connectivity index (χ2n) is 2.86. The number of carbonyl (C=O) groups is 2. The summed E-state index contributed by atoms with van der Waals surface area (Å²) in [5, 5.41) is 8.47. The van der Waals surface area contributed by atoms with E-state index in [0.29, 0.717) is 0 Å². The highest BCUT2D eigenvalue weighted by Crippen LogP contribution is 2.60. The second-order valence-corrected chi connectivity index (χ2v) is 6.61. The van der Waals surface area contributed by atoms with Gasteiger partial charge in [0.1, 0.15) is 0 Å². The van der Waals surface area contributed by atoms with E-state index in [4.69, 9.17) is 24.7 Å². The molecule has 0 aromatic heterocycles. The molecule has 0 aliphatic rings. The standard InChI is InChI=1S/C5H9NO9P2/c1-2(7)3(4(8)9)6-5(16(10,11)12)17(13,14)15/h5H,1H3,(H,8,9)(H2,10,11,12)(H2,13,14,15)/b6-3+. The van der Waals surface area contributed by atoms with Gasteiger partial charge in [-0.2, -0.15) is 0 Å². The molecule has 10 nitrogen and oxygen atoms in total. The van der Waals surface area contributed by atoms with Crippen molar-refractivity contribution in [2.75, 3.05) is 0 Å². The molecule has 17 heavy (non-hydrogen) atoms. The summed E-state index contributed by atoms with van der Waals surface area (Å²) < 4.78 is 21.5. The number of rotatable bonds is 5. The van der Waals surface area contributed by atoms with Crippen LogP contribution < -0.4 is 0 Å². The fraction of sp³-hybridized carbons (Fsp3) is 0.400. The first-order valence-electron chi connectivity index (χ1n) is 3.80. The molecule has 0 atom stereocenters. The lowest BCUT2D eigenvalue weighted by Crippen LogP contribution is -2.24. The molecule has 0 fully saturated rings. The van der Waals surface area contributed by atoms with Crippen molar-refractivity contribution >= 4 is 32.7 Å². The van der Waals surface area contributed by atoms with Crippen LogP contribution in [-0.4, -0.2) is 47.7 Å². The Balaban J connectivity index is 5.76. The summed E-state index contributed by atoms with van der Waals surface area (Å²) in [5.41, 5.74) is -4.24. The van der Waals surface area contributed by atoms with Crippen molar-refractivity contribution in [2.45, 2.75) is 12.4 Å². The molecule has 0 radical (unpaired) electrons. The van der Waals surface area contributed by atoms with E-state index in [1.54, 1.807) is 0 Å². The zero-order valence-corrected chi connectivity index (χ0v) is 10.1. The number of carboxylic acids is 1. The third-order valence-corrected chi connectivity index (χ3v) is 4.62. The van der Waals surface area contributed by atoms with Crippen LogP contribution in [-0.2, 0) is 18.7 Å². The fourth-order valence-electron chi connectivity index (χ4n) is 0.759. The van der Waals surface area contributed by atoms with Gasteiger partial charge in [0, 0.05) is 6.92 Å². The topological polar surface area (TPSA) is 182 Å². The molecule has 0 heterocycles. The molecule has 0 aliphatic carbocycles. The maximum Gasteiger partial charge on any atom is 0.362 e. The summed E-state index contributed by atoms with van der Waals surface area (Å²) in [6.45, 7) is 0.726. The molecule has 0 bridgehead atoms. The number of carbonyl (C=O) groups excluding carboxylic acids is 1. The third-order valence-electron chi connectivity index (χ3n) is 1.38. The van der Waals surface area contributed by atoms with Gasteiger partial charge in [0.15, 0.2) is 11.5 Å². The molecule has 0 saturated heterocycles. The van der Waals surface area contributed by atoms with Gasteiger partial charge >= 0.3 is 21.2 Å². The van der Waals surface area contributed by atoms with Gasteiger partial charge < -0.3 is 24.7 Å². The summed E-state index contributed by atoms with van der Waals surface area (Å²) in [4.78, 5) is 58.4. The minimum Gasteiger partial charge on any atom is -0.476 e. The van der Waals surface area contributed by atoms with Gasteiger partial charge in [0.2, 0.25) is 0 Å². The Morgan fingerprint density at radius 3 is 1.59 bits per heavy atom. The average Bonchev–Trinajstić information content (AvgIpc) is 1.96. The summed E-state index contributed by atoms with van der Waals surface area (Å²) >= 11 is 0. The van der Waals surface area contributed by atoms with Gasteiger partial charge in [-0.15, -0.1) is 0 Å². The molecule has 0 unspecified atom stereocenters. The van der Waals surface area contributed by atoms with Crippen molar-refractivity contribution < 1.29 is 43.4 Å². The number of hydrogen-bond donors (Lipinski definition) is 5. The van der Waals surface area contributed by atoms with E-state index >= 15 is 0 Å². The van der Waals surface area contributed by atoms with Crippen molar-refractivity contribution in [2.24, 2.45) is 4.99 Å². The molecular formula is C5H9NO9P2. The molecule has 0 aromatic carbocycles. The maximum absolute atomic E-state index is 10.8. The van der Waals surface area contributed by atoms with Gasteiger partial charge in [0.25, 0.3) is 5.52 Å². The lowest BCUT2D eigenvalue weighted by Gasteiger charge is -2.15. The Morgan fingerprint density at radius 2 is 1.41 bits per heavy atom. The van der Waals surface area contributed by atoms with Gasteiger partial charge in [-0.3, -0.25) is 13.9 Å². The highest BCUT2D eigenvalue weighted by atomic mass is 31.2. The van der Waals surface area contributed by atoms with E-state index in [-0.39, 0.29) is 0 Å². The lowest BCUT2D eigenvalue weighted by molar-refractivity contribution is -0.130. The van der Waals surface area contributed by atoms with Gasteiger partial charge in [0.05, 0.1) is 0 Å². The summed E-state index contributed by atoms with van der Waals surface area (Å²) in [7, 11) is -10.8. The molecule has 0 aromatic rings. The Morgan fingerprint density at radius 1 is 1.06 bits per heavy atom. The second kappa shape index (κ2) is 5.18. The SMILES string of the molecule is CC(=O)/C(=N\C(P(=O)(O)O)P(=O)(O)O)C(=O)O. The largest absolute Gasteiger partial charge is 0.476 e. The molecule has 5 N–H and O–H groups in total. The normalized spacial score (nSPS) is 13.9. The van der Waals surface area contributed by atoms with Crippen molar-refractivity contribution in [3.8, 4) is 0 Å². The van der Waals surface area contributed by atoms with E-state index < -0.39 is 38.2 Å². The number of ketones is 1. The summed E-state index contributed by atoms with van der Waals surface area (Å²) in [5.74, 6) is -3.13. The monoisotopic (exact) mass is 289 g/mol. The number of aliphatic carboxylic acids is 1. The maximum atomic E-state index is 10.8. The van der Waals surface area contributed by atoms with E-state index in [1.807, 2.05) is 0 Å². The quantitative estimate of drug-likeness (QED) is 0.234. The van der Waals surface area contributed by atoms with Crippen LogP contribution in [0.2, 0.25) is 0 Å². The molecule has 0 aliphatic heterocycles. The molecule has 0 saturated carbocycles. The molecule has 98 valence electrons. The van der Waals surface area contributed by atoms with Gasteiger partial charge in [-0.1, -0.05) is 0 Å². The van der Waals surface area contributed by atoms with Crippen molar-refractivity contribution in [3.63, 3.8) is 0 Å². The van der Waals surface area contributed by atoms with E-state index in [1.165, 1.54) is 0 Å². The van der Waals surface area contributed by atoms with Crippen LogP contribution in [0.4, 0.5) is 0 Å². The molecule has 0 spiro atoms. The molecule has 12 heteroatoms. The van der Waals surface area contributed by atoms with Crippen LogP contribution in [0.15, 0.2) is 4.99 Å². The first-order valence-corrected chi connectivity index (χ1v) is 7.16. The number of carboxylic acid groups (broad SMARTS) is 1. The smallest absolute Gasteiger partial charge is 0.362 e. The van der Waals surface area contributed by atoms with E-state index in [2.05, 4.69) is 4.99 Å². The van der Waals surface area contributed by atoms with Crippen LogP contribution >= 0.6 is 15.2 Å². The van der Waals surface area contributed by atoms with Crippen LogP contribution in [0.25, 0.3) is 0 Å². The van der Waals surface area contributed by atoms with Crippen LogP contribution in [0.1, 0.15) is 6.92 Å². The van der Waals surface area contributed by atoms with Crippen molar-refractivity contribution in [3.05, 3.63) is 0 Å². The molecular weight excluding hydrogens is 280 g/mol. The van der Waals surface area contributed by atoms with Crippen molar-refractivity contribution in [1.29, 1.82) is 0 Å². The number of aliphatic imine (C=N–C) groups is 1. The molecule has 0 rings (SSSR count).